The minimum Gasteiger partial charge on any atom is -0.491 e. The molecule has 0 bridgehead atoms. The van der Waals surface area contributed by atoms with Crippen LogP contribution in [-0.4, -0.2) is 47.4 Å². The summed E-state index contributed by atoms with van der Waals surface area (Å²) in [4.78, 5) is 29.1. The molecule has 3 heterocycles. The van der Waals surface area contributed by atoms with Crippen LogP contribution in [0.15, 0.2) is 24.4 Å². The van der Waals surface area contributed by atoms with Crippen molar-refractivity contribution < 1.29 is 19.1 Å². The number of hydrogen-bond acceptors (Lipinski definition) is 7. The van der Waals surface area contributed by atoms with Gasteiger partial charge in [0.15, 0.2) is 5.82 Å². The van der Waals surface area contributed by atoms with Gasteiger partial charge in [0, 0.05) is 18.0 Å². The molecule has 1 unspecified atom stereocenters. The molecule has 3 N–H and O–H groups in total. The Morgan fingerprint density at radius 2 is 2.29 bits per heavy atom. The van der Waals surface area contributed by atoms with E-state index >= 15 is 0 Å². The normalized spacial score (nSPS) is 17.6. The fraction of sp³-hybridized carbons (Fsp3) is 0.333. The topological polar surface area (TPSA) is 136 Å². The summed E-state index contributed by atoms with van der Waals surface area (Å²) in [5.41, 5.74) is 6.63. The number of hydrogen-bond donors (Lipinski definition) is 2. The van der Waals surface area contributed by atoms with E-state index in [-0.39, 0.29) is 25.6 Å². The van der Waals surface area contributed by atoms with Crippen molar-refractivity contribution in [2.45, 2.75) is 19.0 Å². The number of nitriles is 1. The number of nitrogens with one attached hydrogen (secondary N) is 1. The molecule has 0 aliphatic carbocycles. The Labute approximate surface area is 160 Å². The standard InChI is InChI=1S/C18H18N6O4/c19-4-3-12-10-28-18(26)24(12)16-9-23-5-6-27-14-7-11(21-8-15(20)25)1-2-13(14)17(23)22-16/h1-2,7,9,12,21H,3,5-6,8,10H2,(H2,20,25). The molecule has 1 aromatic heterocycles. The number of imidazole rings is 1. The Morgan fingerprint density at radius 1 is 1.43 bits per heavy atom. The SMILES string of the molecule is N#CCC1COC(=O)N1c1cn2c(n1)-c1ccc(NCC(N)=O)cc1OCC2. The van der Waals surface area contributed by atoms with Crippen molar-refractivity contribution >= 4 is 23.5 Å². The largest absolute Gasteiger partial charge is 0.491 e. The third-order valence-corrected chi connectivity index (χ3v) is 4.58. The van der Waals surface area contributed by atoms with Gasteiger partial charge in [-0.25, -0.2) is 9.78 Å². The summed E-state index contributed by atoms with van der Waals surface area (Å²) < 4.78 is 12.8. The minimum atomic E-state index is -0.504. The number of carbonyl (C=O) groups excluding carboxylic acids is 2. The number of ether oxygens (including phenoxy) is 2. The van der Waals surface area contributed by atoms with Crippen LogP contribution in [0.25, 0.3) is 11.4 Å². The highest BCUT2D eigenvalue weighted by Gasteiger charge is 2.36. The minimum absolute atomic E-state index is 0.0227. The average molecular weight is 382 g/mol. The first-order valence-corrected chi connectivity index (χ1v) is 8.76. The molecule has 10 heteroatoms. The quantitative estimate of drug-likeness (QED) is 0.790. The Kier molecular flexibility index (Phi) is 4.49. The number of aromatic nitrogens is 2. The lowest BCUT2D eigenvalue weighted by atomic mass is 10.1. The lowest BCUT2D eigenvalue weighted by Gasteiger charge is -2.16. The van der Waals surface area contributed by atoms with E-state index in [1.807, 2.05) is 10.6 Å². The van der Waals surface area contributed by atoms with Gasteiger partial charge in [-0.2, -0.15) is 5.26 Å². The number of anilines is 2. The van der Waals surface area contributed by atoms with Crippen molar-refractivity contribution in [3.05, 3.63) is 24.4 Å². The van der Waals surface area contributed by atoms with E-state index in [1.165, 1.54) is 4.90 Å². The number of benzene rings is 1. The van der Waals surface area contributed by atoms with Crippen molar-refractivity contribution in [3.8, 4) is 23.2 Å². The second kappa shape index (κ2) is 7.11. The van der Waals surface area contributed by atoms with Gasteiger partial charge in [0.2, 0.25) is 5.91 Å². The number of amides is 2. The Morgan fingerprint density at radius 3 is 3.07 bits per heavy atom. The molecule has 1 fully saturated rings. The van der Waals surface area contributed by atoms with Crippen molar-refractivity contribution in [2.24, 2.45) is 5.73 Å². The van der Waals surface area contributed by atoms with Crippen LogP contribution in [0.3, 0.4) is 0 Å². The predicted molar refractivity (Wildman–Crippen MR) is 98.7 cm³/mol. The molecule has 1 saturated heterocycles. The van der Waals surface area contributed by atoms with E-state index in [0.717, 1.165) is 5.56 Å². The average Bonchev–Trinajstić information content (AvgIpc) is 3.19. The molecule has 28 heavy (non-hydrogen) atoms. The first-order valence-electron chi connectivity index (χ1n) is 8.76. The Hall–Kier alpha value is -3.74. The van der Waals surface area contributed by atoms with Crippen molar-refractivity contribution in [3.63, 3.8) is 0 Å². The molecule has 1 aromatic carbocycles. The molecular weight excluding hydrogens is 364 g/mol. The van der Waals surface area contributed by atoms with Gasteiger partial charge in [0.25, 0.3) is 0 Å². The molecule has 144 valence electrons. The van der Waals surface area contributed by atoms with Gasteiger partial charge in [0.1, 0.15) is 24.8 Å². The molecule has 2 aliphatic rings. The first-order chi connectivity index (χ1) is 13.6. The molecule has 1 atom stereocenters. The van der Waals surface area contributed by atoms with Gasteiger partial charge in [-0.15, -0.1) is 0 Å². The van der Waals surface area contributed by atoms with Crippen LogP contribution in [0, 0.1) is 11.3 Å². The van der Waals surface area contributed by atoms with E-state index < -0.39 is 12.0 Å². The molecule has 2 aliphatic heterocycles. The molecule has 10 nitrogen and oxygen atoms in total. The number of carbonyl (C=O) groups is 2. The summed E-state index contributed by atoms with van der Waals surface area (Å²) in [7, 11) is 0. The first kappa shape index (κ1) is 17.7. The van der Waals surface area contributed by atoms with Crippen molar-refractivity contribution in [2.75, 3.05) is 30.0 Å². The Balaban J connectivity index is 1.67. The molecule has 0 radical (unpaired) electrons. The van der Waals surface area contributed by atoms with E-state index in [2.05, 4.69) is 16.4 Å². The maximum absolute atomic E-state index is 12.1. The van der Waals surface area contributed by atoms with Gasteiger partial charge in [-0.05, 0) is 12.1 Å². The van der Waals surface area contributed by atoms with Crippen LogP contribution in [0.4, 0.5) is 16.3 Å². The maximum Gasteiger partial charge on any atom is 0.416 e. The number of primary amides is 1. The van der Waals surface area contributed by atoms with Crippen LogP contribution in [0.1, 0.15) is 6.42 Å². The van der Waals surface area contributed by atoms with Gasteiger partial charge in [-0.3, -0.25) is 9.69 Å². The van der Waals surface area contributed by atoms with E-state index in [0.29, 0.717) is 36.2 Å². The van der Waals surface area contributed by atoms with E-state index in [4.69, 9.17) is 20.5 Å². The predicted octanol–water partition coefficient (Wildman–Crippen LogP) is 1.08. The number of rotatable bonds is 5. The van der Waals surface area contributed by atoms with E-state index in [1.54, 1.807) is 18.3 Å². The number of cyclic esters (lactones) is 1. The van der Waals surface area contributed by atoms with Gasteiger partial charge in [-0.1, -0.05) is 0 Å². The zero-order valence-electron chi connectivity index (χ0n) is 14.9. The van der Waals surface area contributed by atoms with Crippen molar-refractivity contribution in [1.82, 2.24) is 9.55 Å². The lowest BCUT2D eigenvalue weighted by molar-refractivity contribution is -0.116. The summed E-state index contributed by atoms with van der Waals surface area (Å²) in [6, 6.07) is 7.14. The summed E-state index contributed by atoms with van der Waals surface area (Å²) in [5, 5.41) is 11.9. The van der Waals surface area contributed by atoms with Gasteiger partial charge < -0.3 is 25.1 Å². The van der Waals surface area contributed by atoms with Crippen LogP contribution in [0.2, 0.25) is 0 Å². The summed E-state index contributed by atoms with van der Waals surface area (Å²) >= 11 is 0. The van der Waals surface area contributed by atoms with Crippen LogP contribution < -0.4 is 20.7 Å². The number of nitrogens with two attached hydrogens (primary N) is 1. The van der Waals surface area contributed by atoms with Crippen LogP contribution in [-0.2, 0) is 16.1 Å². The summed E-state index contributed by atoms with van der Waals surface area (Å²) in [5.74, 6) is 1.25. The fourth-order valence-corrected chi connectivity index (χ4v) is 3.28. The second-order valence-electron chi connectivity index (χ2n) is 6.46. The third-order valence-electron chi connectivity index (χ3n) is 4.58. The lowest BCUT2D eigenvalue weighted by Crippen LogP contribution is -2.33. The highest BCUT2D eigenvalue weighted by Crippen LogP contribution is 2.36. The van der Waals surface area contributed by atoms with Gasteiger partial charge >= 0.3 is 6.09 Å². The monoisotopic (exact) mass is 382 g/mol. The second-order valence-corrected chi connectivity index (χ2v) is 6.46. The Bertz CT molecular complexity index is 979. The summed E-state index contributed by atoms with van der Waals surface area (Å²) in [6.45, 7) is 1.16. The third kappa shape index (κ3) is 3.18. The molecule has 2 amide bonds. The molecule has 2 aromatic rings. The molecule has 0 saturated carbocycles. The highest BCUT2D eigenvalue weighted by atomic mass is 16.6. The van der Waals surface area contributed by atoms with E-state index in [9.17, 15) is 9.59 Å². The summed E-state index contributed by atoms with van der Waals surface area (Å²) in [6.07, 6.45) is 1.43. The van der Waals surface area contributed by atoms with Crippen LogP contribution >= 0.6 is 0 Å². The molecular formula is C18H18N6O4. The van der Waals surface area contributed by atoms with Crippen LogP contribution in [0.5, 0.6) is 5.75 Å². The zero-order valence-corrected chi connectivity index (χ0v) is 14.9. The zero-order chi connectivity index (χ0) is 19.7. The number of fused-ring (bicyclic) bond motifs is 3. The van der Waals surface area contributed by atoms with Gasteiger partial charge in [0.05, 0.1) is 37.2 Å². The number of nitrogens with zero attached hydrogens (tertiary/aromatic N) is 4. The molecule has 0 spiro atoms. The molecule has 4 rings (SSSR count). The smallest absolute Gasteiger partial charge is 0.416 e. The highest BCUT2D eigenvalue weighted by molar-refractivity contribution is 5.89. The maximum atomic E-state index is 12.1. The fourth-order valence-electron chi connectivity index (χ4n) is 3.28. The van der Waals surface area contributed by atoms with Crippen molar-refractivity contribution in [1.29, 1.82) is 5.26 Å².